The first kappa shape index (κ1) is 19.4. The monoisotopic (exact) mass is 411 g/mol. The predicted molar refractivity (Wildman–Crippen MR) is 106 cm³/mol. The van der Waals surface area contributed by atoms with Crippen molar-refractivity contribution in [3.05, 3.63) is 41.3 Å². The van der Waals surface area contributed by atoms with Gasteiger partial charge in [-0.15, -0.1) is 11.3 Å². The largest absolute Gasteiger partial charge is 0.480 e. The first-order valence-corrected chi connectivity index (χ1v) is 11.4. The fraction of sp³-hybridized carbons (Fsp3) is 0.389. The first-order valence-electron chi connectivity index (χ1n) is 8.18. The number of hydrogen-bond donors (Lipinski definition) is 1. The van der Waals surface area contributed by atoms with Crippen molar-refractivity contribution in [2.24, 2.45) is 0 Å². The van der Waals surface area contributed by atoms with Gasteiger partial charge in [0.1, 0.15) is 6.04 Å². The third-order valence-corrected chi connectivity index (χ3v) is 8.73. The molecular weight excluding hydrogens is 390 g/mol. The van der Waals surface area contributed by atoms with E-state index in [4.69, 9.17) is 0 Å². The van der Waals surface area contributed by atoms with Gasteiger partial charge < -0.3 is 5.11 Å². The smallest absolute Gasteiger partial charge is 0.323 e. The molecule has 1 aliphatic heterocycles. The summed E-state index contributed by atoms with van der Waals surface area (Å²) in [6.45, 7) is 5.77. The number of carboxylic acid groups (broad SMARTS) is 1. The van der Waals surface area contributed by atoms with Gasteiger partial charge in [0.2, 0.25) is 10.0 Å². The van der Waals surface area contributed by atoms with Crippen molar-refractivity contribution in [1.29, 1.82) is 0 Å². The van der Waals surface area contributed by atoms with Crippen LogP contribution in [0.3, 0.4) is 0 Å². The number of hydrogen-bond acceptors (Lipinski definition) is 5. The van der Waals surface area contributed by atoms with Crippen molar-refractivity contribution >= 4 is 39.1 Å². The van der Waals surface area contributed by atoms with Gasteiger partial charge in [0, 0.05) is 26.8 Å². The highest BCUT2D eigenvalue weighted by Crippen LogP contribution is 2.38. The molecule has 0 saturated carbocycles. The van der Waals surface area contributed by atoms with Crippen molar-refractivity contribution in [2.75, 3.05) is 12.3 Å². The Kier molecular flexibility index (Phi) is 5.22. The Labute approximate surface area is 162 Å². The molecule has 0 amide bonds. The molecule has 1 aromatic carbocycles. The van der Waals surface area contributed by atoms with Crippen LogP contribution in [0.1, 0.15) is 18.7 Å². The number of nitrogens with zero attached hydrogens (tertiary/aromatic N) is 1. The molecule has 26 heavy (non-hydrogen) atoms. The summed E-state index contributed by atoms with van der Waals surface area (Å²) in [7, 11) is -3.88. The fourth-order valence-corrected chi connectivity index (χ4v) is 7.12. The number of carboxylic acids is 1. The second-order valence-corrected chi connectivity index (χ2v) is 11.7. The summed E-state index contributed by atoms with van der Waals surface area (Å²) in [6.07, 6.45) is 0. The molecule has 1 N–H and O–H groups in total. The van der Waals surface area contributed by atoms with Crippen LogP contribution in [-0.2, 0) is 14.8 Å². The molecule has 5 nitrogen and oxygen atoms in total. The molecule has 0 spiro atoms. The SMILES string of the molecule is Cc1ccc(-c2ccc(S(=O)(=O)N3CCSC(C)(C)C3C(=O)O)cc2)s1. The highest BCUT2D eigenvalue weighted by Gasteiger charge is 2.48. The van der Waals surface area contributed by atoms with E-state index in [1.807, 2.05) is 19.1 Å². The maximum Gasteiger partial charge on any atom is 0.323 e. The molecule has 8 heteroatoms. The molecule has 1 aromatic heterocycles. The standard InChI is InChI=1S/C18H21NO4S3/c1-12-4-9-15(25-12)13-5-7-14(8-6-13)26(22,23)19-10-11-24-18(2,3)16(19)17(20)21/h4-9,16H,10-11H2,1-3H3,(H,20,21). The van der Waals surface area contributed by atoms with E-state index in [1.54, 1.807) is 49.4 Å². The van der Waals surface area contributed by atoms with E-state index in [9.17, 15) is 18.3 Å². The minimum absolute atomic E-state index is 0.128. The number of sulfonamides is 1. The molecule has 1 unspecified atom stereocenters. The lowest BCUT2D eigenvalue weighted by Crippen LogP contribution is -2.58. The zero-order valence-corrected chi connectivity index (χ0v) is 17.2. The summed E-state index contributed by atoms with van der Waals surface area (Å²) in [5.41, 5.74) is 0.950. The van der Waals surface area contributed by atoms with Crippen molar-refractivity contribution < 1.29 is 18.3 Å². The molecular formula is C18H21NO4S3. The summed E-state index contributed by atoms with van der Waals surface area (Å²) >= 11 is 3.13. The number of aryl methyl sites for hydroxylation is 1. The maximum atomic E-state index is 13.1. The van der Waals surface area contributed by atoms with Crippen molar-refractivity contribution in [2.45, 2.75) is 36.5 Å². The van der Waals surface area contributed by atoms with Crippen LogP contribution >= 0.6 is 23.1 Å². The molecule has 1 aliphatic rings. The summed E-state index contributed by atoms with van der Waals surface area (Å²) in [4.78, 5) is 14.2. The Balaban J connectivity index is 1.95. The van der Waals surface area contributed by atoms with Crippen LogP contribution in [0.15, 0.2) is 41.3 Å². The summed E-state index contributed by atoms with van der Waals surface area (Å²) in [6, 6.07) is 9.62. The number of carbonyl (C=O) groups is 1. The molecule has 0 radical (unpaired) electrons. The van der Waals surface area contributed by atoms with Crippen molar-refractivity contribution in [1.82, 2.24) is 4.31 Å². The minimum Gasteiger partial charge on any atom is -0.480 e. The highest BCUT2D eigenvalue weighted by molar-refractivity contribution is 8.00. The molecule has 0 bridgehead atoms. The van der Waals surface area contributed by atoms with Gasteiger partial charge in [0.05, 0.1) is 4.90 Å². The van der Waals surface area contributed by atoms with Gasteiger partial charge in [0.25, 0.3) is 0 Å². The lowest BCUT2D eigenvalue weighted by Gasteiger charge is -2.42. The highest BCUT2D eigenvalue weighted by atomic mass is 32.2. The van der Waals surface area contributed by atoms with E-state index < -0.39 is 26.8 Å². The number of thioether (sulfide) groups is 1. The van der Waals surface area contributed by atoms with E-state index in [1.165, 1.54) is 16.6 Å². The van der Waals surface area contributed by atoms with Crippen LogP contribution in [-0.4, -0.2) is 46.9 Å². The zero-order valence-electron chi connectivity index (χ0n) is 14.8. The van der Waals surface area contributed by atoms with Crippen LogP contribution in [0, 0.1) is 6.92 Å². The molecule has 1 fully saturated rings. The van der Waals surface area contributed by atoms with Crippen molar-refractivity contribution in [3.8, 4) is 10.4 Å². The van der Waals surface area contributed by atoms with E-state index in [0.29, 0.717) is 5.75 Å². The van der Waals surface area contributed by atoms with Gasteiger partial charge in [-0.3, -0.25) is 4.79 Å². The predicted octanol–water partition coefficient (Wildman–Crippen LogP) is 3.69. The first-order chi connectivity index (χ1) is 12.1. The van der Waals surface area contributed by atoms with Gasteiger partial charge in [0.15, 0.2) is 0 Å². The summed E-state index contributed by atoms with van der Waals surface area (Å²) < 4.78 is 26.6. The summed E-state index contributed by atoms with van der Waals surface area (Å²) in [5.74, 6) is -0.542. The number of thiophene rings is 1. The Morgan fingerprint density at radius 3 is 2.38 bits per heavy atom. The van der Waals surface area contributed by atoms with Crippen LogP contribution in [0.4, 0.5) is 0 Å². The van der Waals surface area contributed by atoms with E-state index in [0.717, 1.165) is 14.7 Å². The van der Waals surface area contributed by atoms with Gasteiger partial charge in [-0.05, 0) is 50.6 Å². The third-order valence-electron chi connectivity index (χ3n) is 4.45. The van der Waals surface area contributed by atoms with E-state index >= 15 is 0 Å². The van der Waals surface area contributed by atoms with Crippen LogP contribution in [0.25, 0.3) is 10.4 Å². The second kappa shape index (κ2) is 6.99. The third kappa shape index (κ3) is 3.55. The molecule has 140 valence electrons. The van der Waals surface area contributed by atoms with Gasteiger partial charge >= 0.3 is 5.97 Å². The number of aliphatic carboxylic acids is 1. The fourth-order valence-electron chi connectivity index (χ4n) is 3.15. The Morgan fingerprint density at radius 2 is 1.85 bits per heavy atom. The zero-order chi connectivity index (χ0) is 19.1. The van der Waals surface area contributed by atoms with Gasteiger partial charge in [-0.2, -0.15) is 16.1 Å². The number of rotatable bonds is 4. The number of benzene rings is 1. The molecule has 2 heterocycles. The normalized spacial score (nSPS) is 20.8. The molecule has 0 aliphatic carbocycles. The van der Waals surface area contributed by atoms with Crippen LogP contribution in [0.5, 0.6) is 0 Å². The van der Waals surface area contributed by atoms with Gasteiger partial charge in [-0.1, -0.05) is 12.1 Å². The summed E-state index contributed by atoms with van der Waals surface area (Å²) in [5, 5.41) is 9.63. The molecule has 1 saturated heterocycles. The molecule has 2 aromatic rings. The minimum atomic E-state index is -3.88. The lowest BCUT2D eigenvalue weighted by molar-refractivity contribution is -0.142. The van der Waals surface area contributed by atoms with Gasteiger partial charge in [-0.25, -0.2) is 8.42 Å². The maximum absolute atomic E-state index is 13.1. The van der Waals surface area contributed by atoms with Crippen LogP contribution in [0.2, 0.25) is 0 Å². The average molecular weight is 412 g/mol. The van der Waals surface area contributed by atoms with Crippen molar-refractivity contribution in [3.63, 3.8) is 0 Å². The average Bonchev–Trinajstić information content (AvgIpc) is 3.00. The Hall–Kier alpha value is -1.35. The Morgan fingerprint density at radius 1 is 1.19 bits per heavy atom. The van der Waals surface area contributed by atoms with Crippen LogP contribution < -0.4 is 0 Å². The lowest BCUT2D eigenvalue weighted by atomic mass is 10.0. The Bertz CT molecular complexity index is 916. The topological polar surface area (TPSA) is 74.7 Å². The van der Waals surface area contributed by atoms with E-state index in [2.05, 4.69) is 0 Å². The quantitative estimate of drug-likeness (QED) is 0.830. The molecule has 1 atom stereocenters. The van der Waals surface area contributed by atoms with E-state index in [-0.39, 0.29) is 11.4 Å². The second-order valence-electron chi connectivity index (χ2n) is 6.74. The molecule has 3 rings (SSSR count).